The number of hydrogen-bond acceptors (Lipinski definition) is 5. The maximum absolute atomic E-state index is 11.9. The van der Waals surface area contributed by atoms with Gasteiger partial charge in [0.1, 0.15) is 4.47 Å². The highest BCUT2D eigenvalue weighted by atomic mass is 79.9. The van der Waals surface area contributed by atoms with Gasteiger partial charge in [0.15, 0.2) is 0 Å². The lowest BCUT2D eigenvalue weighted by atomic mass is 10.3. The van der Waals surface area contributed by atoms with Crippen molar-refractivity contribution in [3.8, 4) is 0 Å². The molecule has 0 amide bonds. The second-order valence-electron chi connectivity index (χ2n) is 3.96. The Morgan fingerprint density at radius 1 is 1.50 bits per heavy atom. The van der Waals surface area contributed by atoms with Crippen molar-refractivity contribution < 1.29 is 10.2 Å². The van der Waals surface area contributed by atoms with Crippen molar-refractivity contribution in [2.75, 3.05) is 18.5 Å². The van der Waals surface area contributed by atoms with Gasteiger partial charge in [-0.2, -0.15) is 5.10 Å². The van der Waals surface area contributed by atoms with Gasteiger partial charge < -0.3 is 15.5 Å². The Morgan fingerprint density at radius 2 is 2.17 bits per heavy atom. The average molecular weight is 320 g/mol. The molecule has 0 spiro atoms. The van der Waals surface area contributed by atoms with Crippen molar-refractivity contribution in [3.63, 3.8) is 0 Å². The summed E-state index contributed by atoms with van der Waals surface area (Å²) in [7, 11) is 0. The van der Waals surface area contributed by atoms with Crippen molar-refractivity contribution >= 4 is 21.6 Å². The molecule has 0 saturated heterocycles. The second kappa shape index (κ2) is 7.50. The van der Waals surface area contributed by atoms with E-state index < -0.39 is 6.04 Å². The van der Waals surface area contributed by atoms with Crippen LogP contribution in [0.3, 0.4) is 0 Å². The fourth-order valence-electron chi connectivity index (χ4n) is 1.40. The molecule has 102 valence electrons. The number of rotatable bonds is 7. The summed E-state index contributed by atoms with van der Waals surface area (Å²) in [6.45, 7) is 2.18. The number of nitrogens with one attached hydrogen (secondary N) is 1. The molecule has 1 aromatic heterocycles. The molecule has 1 rings (SSSR count). The Morgan fingerprint density at radius 3 is 2.72 bits per heavy atom. The largest absolute Gasteiger partial charge is 0.394 e. The first kappa shape index (κ1) is 15.1. The molecule has 0 aliphatic carbocycles. The van der Waals surface area contributed by atoms with Crippen molar-refractivity contribution in [2.24, 2.45) is 0 Å². The predicted molar refractivity (Wildman–Crippen MR) is 72.7 cm³/mol. The SMILES string of the molecule is CCCCn1ncc(NC(CO)CO)c(Br)c1=O. The van der Waals surface area contributed by atoms with Crippen LogP contribution < -0.4 is 10.9 Å². The predicted octanol–water partition coefficient (Wildman–Crippen LogP) is 0.571. The minimum absolute atomic E-state index is 0.219. The van der Waals surface area contributed by atoms with Crippen LogP contribution in [0.4, 0.5) is 5.69 Å². The number of hydrogen-bond donors (Lipinski definition) is 3. The van der Waals surface area contributed by atoms with Crippen LogP contribution in [0, 0.1) is 0 Å². The lowest BCUT2D eigenvalue weighted by molar-refractivity contribution is 0.204. The second-order valence-corrected chi connectivity index (χ2v) is 4.75. The Labute approximate surface area is 114 Å². The van der Waals surface area contributed by atoms with E-state index in [0.717, 1.165) is 12.8 Å². The van der Waals surface area contributed by atoms with Crippen LogP contribution >= 0.6 is 15.9 Å². The first-order valence-corrected chi connectivity index (χ1v) is 6.67. The minimum Gasteiger partial charge on any atom is -0.394 e. The first-order valence-electron chi connectivity index (χ1n) is 5.87. The zero-order valence-electron chi connectivity index (χ0n) is 10.3. The fourth-order valence-corrected chi connectivity index (χ4v) is 1.82. The van der Waals surface area contributed by atoms with Crippen molar-refractivity contribution in [2.45, 2.75) is 32.4 Å². The van der Waals surface area contributed by atoms with Crippen molar-refractivity contribution in [3.05, 3.63) is 21.0 Å². The summed E-state index contributed by atoms with van der Waals surface area (Å²) in [5, 5.41) is 24.8. The van der Waals surface area contributed by atoms with Crippen LogP contribution in [0.25, 0.3) is 0 Å². The Bertz CT molecular complexity index is 432. The van der Waals surface area contributed by atoms with Crippen molar-refractivity contribution in [1.29, 1.82) is 0 Å². The summed E-state index contributed by atoms with van der Waals surface area (Å²) < 4.78 is 1.76. The Hall–Kier alpha value is -0.920. The number of aliphatic hydroxyl groups excluding tert-OH is 2. The monoisotopic (exact) mass is 319 g/mol. The molecule has 3 N–H and O–H groups in total. The summed E-state index contributed by atoms with van der Waals surface area (Å²) in [6.07, 6.45) is 3.39. The zero-order valence-corrected chi connectivity index (χ0v) is 11.9. The van der Waals surface area contributed by atoms with Crippen LogP contribution in [0.5, 0.6) is 0 Å². The van der Waals surface area contributed by atoms with E-state index in [0.29, 0.717) is 16.7 Å². The van der Waals surface area contributed by atoms with E-state index in [1.807, 2.05) is 6.92 Å². The number of aromatic nitrogens is 2. The summed E-state index contributed by atoms with van der Waals surface area (Å²) in [5.74, 6) is 0. The normalized spacial score (nSPS) is 10.9. The van der Waals surface area contributed by atoms with Gasteiger partial charge in [0, 0.05) is 6.54 Å². The molecule has 18 heavy (non-hydrogen) atoms. The van der Waals surface area contributed by atoms with Crippen LogP contribution in [0.2, 0.25) is 0 Å². The van der Waals surface area contributed by atoms with E-state index in [-0.39, 0.29) is 18.8 Å². The molecule has 0 aromatic carbocycles. The molecule has 0 radical (unpaired) electrons. The third kappa shape index (κ3) is 3.79. The van der Waals surface area contributed by atoms with E-state index in [1.165, 1.54) is 10.9 Å². The number of anilines is 1. The average Bonchev–Trinajstić information content (AvgIpc) is 2.39. The highest BCUT2D eigenvalue weighted by Gasteiger charge is 2.12. The molecule has 0 aliphatic rings. The standard InChI is InChI=1S/C11H18BrN3O3/c1-2-3-4-15-11(18)10(12)9(5-13-15)14-8(6-16)7-17/h5,8,14,16-17H,2-4,6-7H2,1H3. The topological polar surface area (TPSA) is 87.4 Å². The van der Waals surface area contributed by atoms with Crippen molar-refractivity contribution in [1.82, 2.24) is 9.78 Å². The molecule has 1 heterocycles. The van der Waals surface area contributed by atoms with Crippen LogP contribution in [-0.2, 0) is 6.54 Å². The minimum atomic E-state index is -0.506. The molecule has 0 fully saturated rings. The molecular weight excluding hydrogens is 302 g/mol. The summed E-state index contributed by atoms with van der Waals surface area (Å²) in [6, 6.07) is -0.506. The number of unbranched alkanes of at least 4 members (excludes halogenated alkanes) is 1. The van der Waals surface area contributed by atoms with E-state index in [4.69, 9.17) is 10.2 Å². The van der Waals surface area contributed by atoms with Gasteiger partial charge in [0.25, 0.3) is 5.56 Å². The van der Waals surface area contributed by atoms with Gasteiger partial charge >= 0.3 is 0 Å². The lowest BCUT2D eigenvalue weighted by Crippen LogP contribution is -2.30. The molecule has 1 aromatic rings. The van der Waals surface area contributed by atoms with Crippen LogP contribution in [-0.4, -0.2) is 39.2 Å². The highest BCUT2D eigenvalue weighted by Crippen LogP contribution is 2.17. The van der Waals surface area contributed by atoms with Gasteiger partial charge in [-0.1, -0.05) is 13.3 Å². The van der Waals surface area contributed by atoms with Gasteiger partial charge in [-0.05, 0) is 22.4 Å². The first-order chi connectivity index (χ1) is 8.63. The number of nitrogens with zero attached hydrogens (tertiary/aromatic N) is 2. The van der Waals surface area contributed by atoms with Gasteiger partial charge in [-0.15, -0.1) is 0 Å². The van der Waals surface area contributed by atoms with E-state index in [2.05, 4.69) is 26.3 Å². The fraction of sp³-hybridized carbons (Fsp3) is 0.636. The summed E-state index contributed by atoms with van der Waals surface area (Å²) >= 11 is 3.21. The zero-order chi connectivity index (χ0) is 13.5. The molecule has 0 saturated carbocycles. The number of aryl methyl sites for hydroxylation is 1. The van der Waals surface area contributed by atoms with Gasteiger partial charge in [-0.3, -0.25) is 4.79 Å². The van der Waals surface area contributed by atoms with Crippen LogP contribution in [0.1, 0.15) is 19.8 Å². The Kier molecular flexibility index (Phi) is 6.31. The molecule has 0 bridgehead atoms. The van der Waals surface area contributed by atoms with Gasteiger partial charge in [-0.25, -0.2) is 4.68 Å². The molecule has 7 heteroatoms. The molecule has 6 nitrogen and oxygen atoms in total. The van der Waals surface area contributed by atoms with E-state index in [1.54, 1.807) is 0 Å². The Balaban J connectivity index is 2.90. The summed E-state index contributed by atoms with van der Waals surface area (Å²) in [5.41, 5.74) is 0.254. The lowest BCUT2D eigenvalue weighted by Gasteiger charge is -2.16. The van der Waals surface area contributed by atoms with Gasteiger partial charge in [0.05, 0.1) is 31.1 Å². The maximum Gasteiger partial charge on any atom is 0.283 e. The van der Waals surface area contributed by atoms with E-state index in [9.17, 15) is 4.79 Å². The smallest absolute Gasteiger partial charge is 0.283 e. The quantitative estimate of drug-likeness (QED) is 0.684. The molecular formula is C11H18BrN3O3. The molecule has 0 aliphatic heterocycles. The molecule has 0 atom stereocenters. The number of halogens is 1. The highest BCUT2D eigenvalue weighted by molar-refractivity contribution is 9.10. The third-order valence-corrected chi connectivity index (χ3v) is 3.28. The third-order valence-electron chi connectivity index (χ3n) is 2.51. The maximum atomic E-state index is 11.9. The van der Waals surface area contributed by atoms with Crippen LogP contribution in [0.15, 0.2) is 15.5 Å². The number of aliphatic hydroxyl groups is 2. The van der Waals surface area contributed by atoms with E-state index >= 15 is 0 Å². The summed E-state index contributed by atoms with van der Waals surface area (Å²) in [4.78, 5) is 11.9. The molecule has 0 unspecified atom stereocenters. The van der Waals surface area contributed by atoms with Gasteiger partial charge in [0.2, 0.25) is 0 Å².